The van der Waals surface area contributed by atoms with E-state index in [0.717, 1.165) is 29.1 Å². The van der Waals surface area contributed by atoms with Crippen LogP contribution >= 0.6 is 0 Å². The van der Waals surface area contributed by atoms with Crippen molar-refractivity contribution in [3.8, 4) is 5.69 Å². The molecule has 0 aliphatic rings. The molecule has 2 N–H and O–H groups in total. The molecule has 0 amide bonds. The van der Waals surface area contributed by atoms with E-state index in [2.05, 4.69) is 37.9 Å². The Morgan fingerprint density at radius 3 is 2.66 bits per heavy atom. The molecule has 0 fully saturated rings. The molecule has 0 radical (unpaired) electrons. The third-order valence-corrected chi connectivity index (χ3v) is 4.90. The average Bonchev–Trinajstić information content (AvgIpc) is 3.34. The van der Waals surface area contributed by atoms with E-state index in [1.54, 1.807) is 4.68 Å². The van der Waals surface area contributed by atoms with Crippen LogP contribution in [0.3, 0.4) is 0 Å². The van der Waals surface area contributed by atoms with Crippen molar-refractivity contribution in [3.05, 3.63) is 77.0 Å². The molecule has 0 spiro atoms. The van der Waals surface area contributed by atoms with Crippen LogP contribution in [0.25, 0.3) is 27.8 Å². The fourth-order valence-corrected chi connectivity index (χ4v) is 3.54. The third kappa shape index (κ3) is 2.94. The summed E-state index contributed by atoms with van der Waals surface area (Å²) in [6.07, 6.45) is 1.54. The van der Waals surface area contributed by atoms with E-state index >= 15 is 0 Å². The minimum atomic E-state index is -0.233. The molecule has 8 heteroatoms. The predicted molar refractivity (Wildman–Crippen MR) is 112 cm³/mol. The molecular formula is C21H19N7O. The fraction of sp³-hybridized carbons (Fsp3) is 0.143. The van der Waals surface area contributed by atoms with E-state index in [1.165, 1.54) is 6.20 Å². The highest BCUT2D eigenvalue weighted by Crippen LogP contribution is 2.18. The highest BCUT2D eigenvalue weighted by molar-refractivity contribution is 5.77. The number of hydrogen-bond acceptors (Lipinski definition) is 5. The number of aryl methyl sites for hydroxylation is 1. The van der Waals surface area contributed by atoms with Crippen molar-refractivity contribution in [3.63, 3.8) is 0 Å². The molecule has 29 heavy (non-hydrogen) atoms. The molecular weight excluding hydrogens is 366 g/mol. The van der Waals surface area contributed by atoms with Gasteiger partial charge in [-0.15, -0.1) is 0 Å². The number of hydrogen-bond donors (Lipinski definition) is 2. The summed E-state index contributed by atoms with van der Waals surface area (Å²) in [5, 5.41) is 7.98. The van der Waals surface area contributed by atoms with Gasteiger partial charge in [0, 0.05) is 6.54 Å². The molecule has 3 heterocycles. The maximum absolute atomic E-state index is 12.5. The zero-order valence-electron chi connectivity index (χ0n) is 15.8. The highest BCUT2D eigenvalue weighted by Gasteiger charge is 2.13. The van der Waals surface area contributed by atoms with Crippen LogP contribution in [0, 0.1) is 0 Å². The van der Waals surface area contributed by atoms with Gasteiger partial charge in [0.25, 0.3) is 5.56 Å². The van der Waals surface area contributed by atoms with Gasteiger partial charge in [-0.2, -0.15) is 10.1 Å². The van der Waals surface area contributed by atoms with E-state index in [9.17, 15) is 4.79 Å². The Kier molecular flexibility index (Phi) is 4.09. The lowest BCUT2D eigenvalue weighted by Gasteiger charge is -2.08. The Labute approximate surface area is 165 Å². The van der Waals surface area contributed by atoms with Crippen molar-refractivity contribution in [2.24, 2.45) is 0 Å². The van der Waals surface area contributed by atoms with Crippen LogP contribution in [0.15, 0.2) is 65.6 Å². The Morgan fingerprint density at radius 1 is 1.03 bits per heavy atom. The minimum absolute atomic E-state index is 0.233. The lowest BCUT2D eigenvalue weighted by Crippen LogP contribution is -2.15. The number of imidazole rings is 1. The maximum atomic E-state index is 12.5. The summed E-state index contributed by atoms with van der Waals surface area (Å²) in [5.41, 5.74) is 3.16. The van der Waals surface area contributed by atoms with Crippen LogP contribution in [-0.4, -0.2) is 29.3 Å². The topological polar surface area (TPSA) is 93.4 Å². The summed E-state index contributed by atoms with van der Waals surface area (Å²) in [5.74, 6) is 1.27. The molecule has 0 bridgehead atoms. The molecule has 0 atom stereocenters. The summed E-state index contributed by atoms with van der Waals surface area (Å²) in [6.45, 7) is 3.33. The standard InChI is InChI=1S/C21H19N7O/c1-2-27-17-11-7-6-10-16(17)24-18(27)13-22-21-25-19-15(20(29)26-21)12-23-28(19)14-8-4-3-5-9-14/h3-12H,2,13H2,1H3,(H2,22,25,26,29). The van der Waals surface area contributed by atoms with Crippen LogP contribution in [0.4, 0.5) is 5.95 Å². The summed E-state index contributed by atoms with van der Waals surface area (Å²) in [4.78, 5) is 24.6. The van der Waals surface area contributed by atoms with Gasteiger partial charge in [0.15, 0.2) is 5.65 Å². The molecule has 3 aromatic heterocycles. The number of nitrogens with zero attached hydrogens (tertiary/aromatic N) is 5. The molecule has 0 aliphatic heterocycles. The summed E-state index contributed by atoms with van der Waals surface area (Å²) < 4.78 is 3.81. The van der Waals surface area contributed by atoms with Crippen molar-refractivity contribution in [1.29, 1.82) is 0 Å². The summed E-state index contributed by atoms with van der Waals surface area (Å²) >= 11 is 0. The van der Waals surface area contributed by atoms with Gasteiger partial charge in [-0.05, 0) is 31.2 Å². The Hall–Kier alpha value is -3.94. The molecule has 5 rings (SSSR count). The third-order valence-electron chi connectivity index (χ3n) is 4.90. The van der Waals surface area contributed by atoms with Gasteiger partial charge < -0.3 is 9.88 Å². The van der Waals surface area contributed by atoms with Crippen LogP contribution in [0.2, 0.25) is 0 Å². The normalized spacial score (nSPS) is 11.3. The number of aromatic nitrogens is 6. The number of nitrogens with one attached hydrogen (secondary N) is 2. The monoisotopic (exact) mass is 385 g/mol. The zero-order chi connectivity index (χ0) is 19.8. The summed E-state index contributed by atoms with van der Waals surface area (Å²) in [6, 6.07) is 17.7. The Morgan fingerprint density at radius 2 is 1.83 bits per heavy atom. The highest BCUT2D eigenvalue weighted by atomic mass is 16.1. The average molecular weight is 385 g/mol. The number of H-pyrrole nitrogens is 1. The molecule has 0 saturated carbocycles. The molecule has 5 aromatic rings. The van der Waals surface area contributed by atoms with E-state index in [1.807, 2.05) is 48.5 Å². The smallest absolute Gasteiger partial charge is 0.263 e. The van der Waals surface area contributed by atoms with Gasteiger partial charge in [-0.3, -0.25) is 9.78 Å². The second-order valence-corrected chi connectivity index (χ2v) is 6.66. The second-order valence-electron chi connectivity index (χ2n) is 6.66. The minimum Gasteiger partial charge on any atom is -0.348 e. The molecule has 8 nitrogen and oxygen atoms in total. The number of aromatic amines is 1. The molecule has 0 unspecified atom stereocenters. The molecule has 0 saturated heterocycles. The Balaban J connectivity index is 1.51. The second kappa shape index (κ2) is 6.90. The number of rotatable bonds is 5. The van der Waals surface area contributed by atoms with Gasteiger partial charge in [0.1, 0.15) is 11.2 Å². The van der Waals surface area contributed by atoms with E-state index in [0.29, 0.717) is 23.5 Å². The maximum Gasteiger partial charge on any atom is 0.263 e. The first-order valence-electron chi connectivity index (χ1n) is 9.46. The fourth-order valence-electron chi connectivity index (χ4n) is 3.54. The molecule has 144 valence electrons. The number of benzene rings is 2. The zero-order valence-corrected chi connectivity index (χ0v) is 15.8. The summed E-state index contributed by atoms with van der Waals surface area (Å²) in [7, 11) is 0. The van der Waals surface area contributed by atoms with Crippen molar-refractivity contribution >= 4 is 28.0 Å². The predicted octanol–water partition coefficient (Wildman–Crippen LogP) is 3.09. The number of para-hydroxylation sites is 3. The van der Waals surface area contributed by atoms with Crippen LogP contribution in [-0.2, 0) is 13.1 Å². The van der Waals surface area contributed by atoms with Crippen molar-refractivity contribution in [2.45, 2.75) is 20.0 Å². The quantitative estimate of drug-likeness (QED) is 0.485. The first kappa shape index (κ1) is 17.2. The van der Waals surface area contributed by atoms with Crippen molar-refractivity contribution < 1.29 is 0 Å². The molecule has 0 aliphatic carbocycles. The first-order chi connectivity index (χ1) is 14.2. The van der Waals surface area contributed by atoms with Crippen LogP contribution < -0.4 is 10.9 Å². The lowest BCUT2D eigenvalue weighted by molar-refractivity contribution is 0.727. The van der Waals surface area contributed by atoms with Gasteiger partial charge in [-0.1, -0.05) is 30.3 Å². The first-order valence-corrected chi connectivity index (χ1v) is 9.46. The van der Waals surface area contributed by atoms with Gasteiger partial charge in [-0.25, -0.2) is 9.67 Å². The van der Waals surface area contributed by atoms with Crippen LogP contribution in [0.1, 0.15) is 12.7 Å². The van der Waals surface area contributed by atoms with Crippen molar-refractivity contribution in [1.82, 2.24) is 29.3 Å². The van der Waals surface area contributed by atoms with E-state index in [-0.39, 0.29) is 5.56 Å². The SMILES string of the molecule is CCn1c(CNc2nc3c(cnn3-c3ccccc3)c(=O)[nH]2)nc2ccccc21. The van der Waals surface area contributed by atoms with Crippen molar-refractivity contribution in [2.75, 3.05) is 5.32 Å². The Bertz CT molecular complexity index is 1360. The lowest BCUT2D eigenvalue weighted by atomic mass is 10.3. The number of fused-ring (bicyclic) bond motifs is 2. The van der Waals surface area contributed by atoms with E-state index < -0.39 is 0 Å². The van der Waals surface area contributed by atoms with Crippen LogP contribution in [0.5, 0.6) is 0 Å². The van der Waals surface area contributed by atoms with Gasteiger partial charge in [0.05, 0.1) is 29.5 Å². The number of anilines is 1. The molecule has 2 aromatic carbocycles. The largest absolute Gasteiger partial charge is 0.348 e. The van der Waals surface area contributed by atoms with Gasteiger partial charge in [0.2, 0.25) is 5.95 Å². The van der Waals surface area contributed by atoms with Gasteiger partial charge >= 0.3 is 0 Å². The van der Waals surface area contributed by atoms with E-state index in [4.69, 9.17) is 4.98 Å².